The summed E-state index contributed by atoms with van der Waals surface area (Å²) >= 11 is 0. The van der Waals surface area contributed by atoms with Crippen LogP contribution >= 0.6 is 0 Å². The van der Waals surface area contributed by atoms with Gasteiger partial charge in [-0.05, 0) is 25.3 Å². The number of hydrogen-bond donors (Lipinski definition) is 1. The predicted molar refractivity (Wildman–Crippen MR) is 62.0 cm³/mol. The van der Waals surface area contributed by atoms with E-state index in [-0.39, 0.29) is 1.43 Å². The average molecular weight is 204 g/mol. The van der Waals surface area contributed by atoms with Crippen LogP contribution in [0.15, 0.2) is 18.6 Å². The maximum Gasteiger partial charge on any atom is 0.142 e. The Morgan fingerprint density at radius 2 is 2.33 bits per heavy atom. The fraction of sp³-hybridized carbons (Fsp3) is 0.455. The number of hydrogen-bond acceptors (Lipinski definition) is 3. The standard InChI is InChI=1S/C11H14N4.H2/c1-15(8-3-2-4-8)11-9-5-6-12-10(9)13-7-14-11;/h5-8H,2-4H2,1H3,(H,12,13,14);1H. The van der Waals surface area contributed by atoms with Crippen LogP contribution in [0.4, 0.5) is 5.82 Å². The smallest absolute Gasteiger partial charge is 0.142 e. The molecule has 2 aromatic rings. The molecule has 1 saturated carbocycles. The molecule has 2 heterocycles. The molecule has 3 rings (SSSR count). The fourth-order valence-electron chi connectivity index (χ4n) is 2.09. The van der Waals surface area contributed by atoms with E-state index >= 15 is 0 Å². The van der Waals surface area contributed by atoms with Gasteiger partial charge in [0.15, 0.2) is 0 Å². The van der Waals surface area contributed by atoms with Gasteiger partial charge < -0.3 is 9.88 Å². The lowest BCUT2D eigenvalue weighted by Crippen LogP contribution is -2.37. The lowest BCUT2D eigenvalue weighted by atomic mass is 9.92. The molecular formula is C11H16N4. The number of nitrogens with one attached hydrogen (secondary N) is 1. The Morgan fingerprint density at radius 1 is 1.47 bits per heavy atom. The molecule has 4 heteroatoms. The van der Waals surface area contributed by atoms with E-state index in [1.54, 1.807) is 6.33 Å². The molecule has 0 aromatic carbocycles. The van der Waals surface area contributed by atoms with Crippen molar-refractivity contribution in [3.8, 4) is 0 Å². The van der Waals surface area contributed by atoms with Crippen molar-refractivity contribution in [3.05, 3.63) is 18.6 Å². The van der Waals surface area contributed by atoms with Gasteiger partial charge in [0.25, 0.3) is 0 Å². The van der Waals surface area contributed by atoms with Gasteiger partial charge in [0, 0.05) is 20.7 Å². The van der Waals surface area contributed by atoms with Crippen LogP contribution in [-0.2, 0) is 0 Å². The first-order valence-electron chi connectivity index (χ1n) is 5.37. The highest BCUT2D eigenvalue weighted by atomic mass is 15.2. The third kappa shape index (κ3) is 1.28. The lowest BCUT2D eigenvalue weighted by Gasteiger charge is -2.35. The molecule has 15 heavy (non-hydrogen) atoms. The zero-order valence-corrected chi connectivity index (χ0v) is 8.77. The number of H-pyrrole nitrogens is 1. The highest BCUT2D eigenvalue weighted by Crippen LogP contribution is 2.30. The summed E-state index contributed by atoms with van der Waals surface area (Å²) in [4.78, 5) is 14.0. The van der Waals surface area contributed by atoms with E-state index < -0.39 is 0 Å². The molecule has 1 N–H and O–H groups in total. The third-order valence-electron chi connectivity index (χ3n) is 3.29. The van der Waals surface area contributed by atoms with Gasteiger partial charge in [0.2, 0.25) is 0 Å². The van der Waals surface area contributed by atoms with Gasteiger partial charge >= 0.3 is 0 Å². The summed E-state index contributed by atoms with van der Waals surface area (Å²) in [6.07, 6.45) is 7.45. The van der Waals surface area contributed by atoms with E-state index in [1.165, 1.54) is 19.3 Å². The normalized spacial score (nSPS) is 16.6. The number of nitrogens with zero attached hydrogens (tertiary/aromatic N) is 3. The molecule has 0 radical (unpaired) electrons. The molecule has 0 atom stereocenters. The monoisotopic (exact) mass is 204 g/mol. The first-order valence-corrected chi connectivity index (χ1v) is 5.37. The summed E-state index contributed by atoms with van der Waals surface area (Å²) in [5, 5.41) is 1.12. The number of anilines is 1. The number of aromatic nitrogens is 3. The van der Waals surface area contributed by atoms with Crippen molar-refractivity contribution in [1.82, 2.24) is 15.0 Å². The molecule has 1 fully saturated rings. The third-order valence-corrected chi connectivity index (χ3v) is 3.29. The minimum absolute atomic E-state index is 0. The Bertz CT molecular complexity index is 478. The Kier molecular flexibility index (Phi) is 1.87. The van der Waals surface area contributed by atoms with Crippen LogP contribution in [0.1, 0.15) is 20.7 Å². The maximum absolute atomic E-state index is 4.38. The second kappa shape index (κ2) is 3.22. The largest absolute Gasteiger partial charge is 0.356 e. The molecule has 1 aliphatic rings. The van der Waals surface area contributed by atoms with Crippen molar-refractivity contribution < 1.29 is 1.43 Å². The topological polar surface area (TPSA) is 44.8 Å². The Hall–Kier alpha value is -1.58. The number of rotatable bonds is 2. The van der Waals surface area contributed by atoms with Crippen LogP contribution in [0.25, 0.3) is 11.0 Å². The van der Waals surface area contributed by atoms with Gasteiger partial charge in [-0.15, -0.1) is 0 Å². The molecule has 4 nitrogen and oxygen atoms in total. The Morgan fingerprint density at radius 3 is 3.07 bits per heavy atom. The van der Waals surface area contributed by atoms with E-state index in [0.717, 1.165) is 16.9 Å². The summed E-state index contributed by atoms with van der Waals surface area (Å²) in [5.41, 5.74) is 0.922. The minimum atomic E-state index is 0. The summed E-state index contributed by atoms with van der Waals surface area (Å²) in [5.74, 6) is 1.05. The summed E-state index contributed by atoms with van der Waals surface area (Å²) in [6, 6.07) is 2.71. The highest BCUT2D eigenvalue weighted by Gasteiger charge is 2.24. The van der Waals surface area contributed by atoms with Crippen LogP contribution in [0.2, 0.25) is 0 Å². The molecular weight excluding hydrogens is 188 g/mol. The van der Waals surface area contributed by atoms with Crippen molar-refractivity contribution in [2.45, 2.75) is 25.3 Å². The van der Waals surface area contributed by atoms with E-state index in [4.69, 9.17) is 0 Å². The van der Waals surface area contributed by atoms with E-state index in [0.29, 0.717) is 6.04 Å². The van der Waals surface area contributed by atoms with Crippen molar-refractivity contribution in [1.29, 1.82) is 0 Å². The highest BCUT2D eigenvalue weighted by molar-refractivity contribution is 5.87. The average Bonchev–Trinajstić information content (AvgIpc) is 2.61. The molecule has 2 aromatic heterocycles. The summed E-state index contributed by atoms with van der Waals surface area (Å²) in [7, 11) is 2.12. The molecule has 0 saturated heterocycles. The van der Waals surface area contributed by atoms with Gasteiger partial charge in [0.05, 0.1) is 5.39 Å². The summed E-state index contributed by atoms with van der Waals surface area (Å²) in [6.45, 7) is 0. The quantitative estimate of drug-likeness (QED) is 0.815. The summed E-state index contributed by atoms with van der Waals surface area (Å²) < 4.78 is 0. The zero-order valence-electron chi connectivity index (χ0n) is 8.77. The lowest BCUT2D eigenvalue weighted by molar-refractivity contribution is 0.400. The SMILES string of the molecule is CN(c1ncnc2[nH]ccc12)C1CCC1.[HH]. The second-order valence-electron chi connectivity index (χ2n) is 4.13. The van der Waals surface area contributed by atoms with Crippen LogP contribution in [0.3, 0.4) is 0 Å². The maximum atomic E-state index is 4.38. The Labute approximate surface area is 89.8 Å². The van der Waals surface area contributed by atoms with Gasteiger partial charge in [-0.25, -0.2) is 9.97 Å². The first kappa shape index (κ1) is 8.71. The van der Waals surface area contributed by atoms with Crippen molar-refractivity contribution in [2.75, 3.05) is 11.9 Å². The van der Waals surface area contributed by atoms with Crippen molar-refractivity contribution >= 4 is 16.9 Å². The molecule has 0 aliphatic heterocycles. The van der Waals surface area contributed by atoms with Gasteiger partial charge in [-0.1, -0.05) is 0 Å². The minimum Gasteiger partial charge on any atom is -0.356 e. The van der Waals surface area contributed by atoms with Crippen LogP contribution in [-0.4, -0.2) is 28.0 Å². The number of fused-ring (bicyclic) bond motifs is 1. The fourth-order valence-corrected chi connectivity index (χ4v) is 2.09. The van der Waals surface area contributed by atoms with Crippen molar-refractivity contribution in [2.24, 2.45) is 0 Å². The predicted octanol–water partition coefficient (Wildman–Crippen LogP) is 2.19. The van der Waals surface area contributed by atoms with Gasteiger partial charge in [-0.3, -0.25) is 0 Å². The van der Waals surface area contributed by atoms with Crippen molar-refractivity contribution in [3.63, 3.8) is 0 Å². The van der Waals surface area contributed by atoms with Gasteiger partial charge in [-0.2, -0.15) is 0 Å². The second-order valence-corrected chi connectivity index (χ2v) is 4.13. The van der Waals surface area contributed by atoms with Gasteiger partial charge in [0.1, 0.15) is 17.8 Å². The molecule has 80 valence electrons. The van der Waals surface area contributed by atoms with Crippen LogP contribution in [0.5, 0.6) is 0 Å². The van der Waals surface area contributed by atoms with E-state index in [9.17, 15) is 0 Å². The first-order chi connectivity index (χ1) is 7.36. The molecule has 0 spiro atoms. The molecule has 0 amide bonds. The van der Waals surface area contributed by atoms with Crippen LogP contribution in [0, 0.1) is 0 Å². The zero-order chi connectivity index (χ0) is 10.3. The van der Waals surface area contributed by atoms with E-state index in [2.05, 4.69) is 26.9 Å². The Balaban J connectivity index is 0.000000963. The van der Waals surface area contributed by atoms with Crippen LogP contribution < -0.4 is 4.90 Å². The van der Waals surface area contributed by atoms with E-state index in [1.807, 2.05) is 12.3 Å². The molecule has 1 aliphatic carbocycles. The number of aromatic amines is 1. The molecule has 0 bridgehead atoms. The molecule has 0 unspecified atom stereocenters.